The maximum Gasteiger partial charge on any atom is 0.127 e. The van der Waals surface area contributed by atoms with Gasteiger partial charge in [-0.3, -0.25) is 0 Å². The summed E-state index contributed by atoms with van der Waals surface area (Å²) in [6.45, 7) is 0. The lowest BCUT2D eigenvalue weighted by molar-refractivity contribution is 0.181. The third kappa shape index (κ3) is 3.55. The van der Waals surface area contributed by atoms with Crippen LogP contribution in [-0.2, 0) is 19.3 Å². The molecule has 1 nitrogen and oxygen atoms in total. The van der Waals surface area contributed by atoms with Crippen LogP contribution < -0.4 is 0 Å². The van der Waals surface area contributed by atoms with Crippen LogP contribution in [0.25, 0.3) is 0 Å². The summed E-state index contributed by atoms with van der Waals surface area (Å²) in [6.07, 6.45) is 5.73. The molecule has 1 atom stereocenters. The van der Waals surface area contributed by atoms with Crippen molar-refractivity contribution >= 4 is 27.3 Å². The van der Waals surface area contributed by atoms with E-state index in [0.717, 1.165) is 22.2 Å². The smallest absolute Gasteiger partial charge is 0.127 e. The van der Waals surface area contributed by atoms with Crippen LogP contribution in [0, 0.1) is 5.82 Å². The molecule has 4 heteroatoms. The van der Waals surface area contributed by atoms with Gasteiger partial charge in [0.1, 0.15) is 5.82 Å². The maximum atomic E-state index is 13.9. The topological polar surface area (TPSA) is 20.2 Å². The summed E-state index contributed by atoms with van der Waals surface area (Å²) in [5.41, 5.74) is 1.96. The van der Waals surface area contributed by atoms with Gasteiger partial charge < -0.3 is 5.11 Å². The molecule has 1 heterocycles. The Balaban J connectivity index is 1.77. The minimum absolute atomic E-state index is 0.262. The second kappa shape index (κ2) is 6.59. The summed E-state index contributed by atoms with van der Waals surface area (Å²) in [5.74, 6) is -0.262. The third-order valence-electron chi connectivity index (χ3n) is 4.02. The van der Waals surface area contributed by atoms with Crippen molar-refractivity contribution in [2.24, 2.45) is 0 Å². The number of aryl methyl sites for hydroxylation is 2. The van der Waals surface area contributed by atoms with Gasteiger partial charge >= 0.3 is 0 Å². The number of aliphatic hydroxyl groups is 1. The van der Waals surface area contributed by atoms with Crippen molar-refractivity contribution in [3.05, 3.63) is 55.4 Å². The first-order chi connectivity index (χ1) is 10.1. The molecule has 0 bridgehead atoms. The van der Waals surface area contributed by atoms with E-state index in [-0.39, 0.29) is 5.82 Å². The highest BCUT2D eigenvalue weighted by atomic mass is 79.9. The number of fused-ring (bicyclic) bond motifs is 1. The van der Waals surface area contributed by atoms with E-state index in [1.54, 1.807) is 17.4 Å². The summed E-state index contributed by atoms with van der Waals surface area (Å²) in [5, 5.41) is 10.4. The largest absolute Gasteiger partial charge is 0.387 e. The van der Waals surface area contributed by atoms with Crippen LogP contribution in [0.3, 0.4) is 0 Å². The number of hydrogen-bond acceptors (Lipinski definition) is 2. The molecular formula is C17H18BrFOS. The Morgan fingerprint density at radius 2 is 2.00 bits per heavy atom. The zero-order chi connectivity index (χ0) is 14.8. The molecule has 0 amide bonds. The lowest BCUT2D eigenvalue weighted by Crippen LogP contribution is -2.01. The van der Waals surface area contributed by atoms with E-state index < -0.39 is 6.10 Å². The van der Waals surface area contributed by atoms with Gasteiger partial charge in [0, 0.05) is 20.6 Å². The first-order valence-corrected chi connectivity index (χ1v) is 8.98. The van der Waals surface area contributed by atoms with Gasteiger partial charge in [-0.25, -0.2) is 4.39 Å². The zero-order valence-corrected chi connectivity index (χ0v) is 14.1. The van der Waals surface area contributed by atoms with Crippen molar-refractivity contribution in [2.45, 2.75) is 44.6 Å². The van der Waals surface area contributed by atoms with Crippen molar-refractivity contribution in [2.75, 3.05) is 0 Å². The molecular weight excluding hydrogens is 351 g/mol. The first-order valence-electron chi connectivity index (χ1n) is 7.37. The van der Waals surface area contributed by atoms with Gasteiger partial charge in [-0.2, -0.15) is 0 Å². The molecule has 112 valence electrons. The predicted molar refractivity (Wildman–Crippen MR) is 88.3 cm³/mol. The quantitative estimate of drug-likeness (QED) is 0.738. The Hall–Kier alpha value is -0.710. The minimum atomic E-state index is -0.613. The van der Waals surface area contributed by atoms with Gasteiger partial charge in [0.25, 0.3) is 0 Å². The van der Waals surface area contributed by atoms with Crippen LogP contribution in [0.5, 0.6) is 0 Å². The van der Waals surface area contributed by atoms with Crippen molar-refractivity contribution in [1.82, 2.24) is 0 Å². The summed E-state index contributed by atoms with van der Waals surface area (Å²) >= 11 is 4.96. The van der Waals surface area contributed by atoms with Gasteiger partial charge in [-0.15, -0.1) is 11.3 Å². The molecule has 0 fully saturated rings. The normalized spacial score (nSPS) is 16.3. The average Bonchev–Trinajstić information content (AvgIpc) is 2.73. The van der Waals surface area contributed by atoms with E-state index in [1.807, 2.05) is 6.07 Å². The molecule has 0 saturated heterocycles. The highest BCUT2D eigenvalue weighted by molar-refractivity contribution is 9.10. The molecule has 1 aromatic carbocycles. The monoisotopic (exact) mass is 368 g/mol. The molecule has 0 radical (unpaired) electrons. The standard InChI is InChI=1S/C17H18BrFOS/c18-13-7-6-11(14(19)10-13)8-15(20)17-9-12-4-2-1-3-5-16(12)21-17/h6-7,9-10,15,20H,1-5,8H2. The van der Waals surface area contributed by atoms with E-state index >= 15 is 0 Å². The van der Waals surface area contributed by atoms with Gasteiger partial charge in [0.15, 0.2) is 0 Å². The van der Waals surface area contributed by atoms with Gasteiger partial charge in [0.2, 0.25) is 0 Å². The minimum Gasteiger partial charge on any atom is -0.387 e. The Labute approximate surface area is 137 Å². The van der Waals surface area contributed by atoms with Gasteiger partial charge in [-0.1, -0.05) is 28.4 Å². The Kier molecular flexibility index (Phi) is 4.77. The average molecular weight is 369 g/mol. The van der Waals surface area contributed by atoms with Crippen LogP contribution in [0.1, 0.15) is 46.2 Å². The molecule has 1 aromatic heterocycles. The number of benzene rings is 1. The molecule has 0 spiro atoms. The number of hydrogen-bond donors (Lipinski definition) is 1. The van der Waals surface area contributed by atoms with Crippen LogP contribution in [0.4, 0.5) is 4.39 Å². The Bertz CT molecular complexity index is 614. The van der Waals surface area contributed by atoms with E-state index in [0.29, 0.717) is 12.0 Å². The van der Waals surface area contributed by atoms with Crippen molar-refractivity contribution < 1.29 is 9.50 Å². The fourth-order valence-electron chi connectivity index (χ4n) is 2.85. The molecule has 3 rings (SSSR count). The fraction of sp³-hybridized carbons (Fsp3) is 0.412. The van der Waals surface area contributed by atoms with Crippen LogP contribution in [0.15, 0.2) is 28.7 Å². The molecule has 1 N–H and O–H groups in total. The summed E-state index contributed by atoms with van der Waals surface area (Å²) in [6, 6.07) is 7.13. The van der Waals surface area contributed by atoms with E-state index in [9.17, 15) is 9.50 Å². The number of halogens is 2. The molecule has 21 heavy (non-hydrogen) atoms. The number of rotatable bonds is 3. The Morgan fingerprint density at radius 3 is 2.81 bits per heavy atom. The van der Waals surface area contributed by atoms with E-state index in [2.05, 4.69) is 22.0 Å². The number of aliphatic hydroxyl groups excluding tert-OH is 1. The second-order valence-electron chi connectivity index (χ2n) is 5.61. The lowest BCUT2D eigenvalue weighted by atomic mass is 10.0. The third-order valence-corrected chi connectivity index (χ3v) is 5.85. The fourth-order valence-corrected chi connectivity index (χ4v) is 4.43. The van der Waals surface area contributed by atoms with Crippen molar-refractivity contribution in [1.29, 1.82) is 0 Å². The van der Waals surface area contributed by atoms with Crippen LogP contribution in [-0.4, -0.2) is 5.11 Å². The lowest BCUT2D eigenvalue weighted by Gasteiger charge is -2.10. The molecule has 1 unspecified atom stereocenters. The molecule has 0 aliphatic heterocycles. The van der Waals surface area contributed by atoms with Gasteiger partial charge in [-0.05, 0) is 55.0 Å². The molecule has 1 aliphatic carbocycles. The summed E-state index contributed by atoms with van der Waals surface area (Å²) < 4.78 is 14.6. The summed E-state index contributed by atoms with van der Waals surface area (Å²) in [7, 11) is 0. The Morgan fingerprint density at radius 1 is 1.19 bits per heavy atom. The van der Waals surface area contributed by atoms with Crippen molar-refractivity contribution in [3.63, 3.8) is 0 Å². The molecule has 0 saturated carbocycles. The molecule has 1 aliphatic rings. The summed E-state index contributed by atoms with van der Waals surface area (Å²) in [4.78, 5) is 2.39. The SMILES string of the molecule is OC(Cc1ccc(Br)cc1F)c1cc2c(s1)CCCCC2. The number of thiophene rings is 1. The predicted octanol–water partition coefficient (Wildman–Crippen LogP) is 5.19. The highest BCUT2D eigenvalue weighted by Gasteiger charge is 2.18. The van der Waals surface area contributed by atoms with E-state index in [4.69, 9.17) is 0 Å². The van der Waals surface area contributed by atoms with Crippen molar-refractivity contribution in [3.8, 4) is 0 Å². The van der Waals surface area contributed by atoms with Crippen LogP contribution in [0.2, 0.25) is 0 Å². The first kappa shape index (κ1) is 15.2. The molecule has 2 aromatic rings. The van der Waals surface area contributed by atoms with E-state index in [1.165, 1.54) is 35.8 Å². The highest BCUT2D eigenvalue weighted by Crippen LogP contribution is 2.33. The second-order valence-corrected chi connectivity index (χ2v) is 7.70. The zero-order valence-electron chi connectivity index (χ0n) is 11.7. The van der Waals surface area contributed by atoms with Crippen LogP contribution >= 0.6 is 27.3 Å². The maximum absolute atomic E-state index is 13.9. The van der Waals surface area contributed by atoms with Gasteiger partial charge in [0.05, 0.1) is 6.10 Å².